The average Bonchev–Trinajstić information content (AvgIpc) is 3.09. The van der Waals surface area contributed by atoms with Crippen molar-refractivity contribution in [1.82, 2.24) is 0 Å². The largest absolute Gasteiger partial charge is 0.507 e. The second kappa shape index (κ2) is 11.5. The van der Waals surface area contributed by atoms with Crippen LogP contribution in [0, 0.1) is 20.2 Å². The van der Waals surface area contributed by atoms with Gasteiger partial charge in [0.05, 0.1) is 28.0 Å². The summed E-state index contributed by atoms with van der Waals surface area (Å²) in [6, 6.07) is 46.7. The van der Waals surface area contributed by atoms with Crippen molar-refractivity contribution in [1.29, 1.82) is 0 Å². The molecule has 7 nitrogen and oxygen atoms in total. The molecule has 0 aromatic heterocycles. The quantitative estimate of drug-likeness (QED) is 0.111. The number of aromatic hydroxyl groups is 1. The van der Waals surface area contributed by atoms with Gasteiger partial charge in [-0.15, -0.1) is 0 Å². The molecule has 8 heteroatoms. The highest BCUT2D eigenvalue weighted by Gasteiger charge is 2.51. The lowest BCUT2D eigenvalue weighted by Gasteiger charge is -2.30. The monoisotopic (exact) mass is 621 g/mol. The summed E-state index contributed by atoms with van der Waals surface area (Å²) in [7, 11) is -3.16. The number of fused-ring (bicyclic) bond motifs is 2. The van der Waals surface area contributed by atoms with Gasteiger partial charge in [0.2, 0.25) is 0 Å². The summed E-state index contributed by atoms with van der Waals surface area (Å²) in [4.78, 5) is 23.4. The van der Waals surface area contributed by atoms with Crippen molar-refractivity contribution in [2.45, 2.75) is 0 Å². The van der Waals surface area contributed by atoms with Crippen LogP contribution in [0.4, 0.5) is 11.4 Å². The van der Waals surface area contributed by atoms with Crippen molar-refractivity contribution in [2.75, 3.05) is 0 Å². The predicted molar refractivity (Wildman–Crippen MR) is 187 cm³/mol. The van der Waals surface area contributed by atoms with Crippen LogP contribution in [-0.4, -0.2) is 15.0 Å². The van der Waals surface area contributed by atoms with E-state index >= 15 is 0 Å². The zero-order valence-electron chi connectivity index (χ0n) is 24.4. The Morgan fingerprint density at radius 2 is 0.935 bits per heavy atom. The number of benzene rings is 7. The van der Waals surface area contributed by atoms with Gasteiger partial charge < -0.3 is 5.11 Å². The number of hydrogen-bond acceptors (Lipinski definition) is 5. The molecule has 7 rings (SSSR count). The number of nitrogens with zero attached hydrogens (tertiary/aromatic N) is 2. The topological polar surface area (TPSA) is 107 Å². The lowest BCUT2D eigenvalue weighted by molar-refractivity contribution is -0.394. The molecule has 0 spiro atoms. The minimum Gasteiger partial charge on any atom is -0.507 e. The Hall–Kier alpha value is -5.91. The summed E-state index contributed by atoms with van der Waals surface area (Å²) in [5.74, 6) is 0.0838. The van der Waals surface area contributed by atoms with Crippen molar-refractivity contribution >= 4 is 61.4 Å². The Morgan fingerprint density at radius 3 is 1.46 bits per heavy atom. The summed E-state index contributed by atoms with van der Waals surface area (Å²) in [5, 5.41) is 42.8. The highest BCUT2D eigenvalue weighted by molar-refractivity contribution is 8.01. The number of hydrogen-bond donors (Lipinski definition) is 1. The Labute approximate surface area is 264 Å². The first-order valence-corrected chi connectivity index (χ1v) is 16.4. The Balaban J connectivity index is 1.77. The van der Waals surface area contributed by atoms with Crippen LogP contribution in [0.2, 0.25) is 0 Å². The van der Waals surface area contributed by atoms with E-state index in [4.69, 9.17) is 0 Å². The molecular formula is C38H26N2O5P+. The molecule has 0 aliphatic carbocycles. The third kappa shape index (κ3) is 4.66. The van der Waals surface area contributed by atoms with Crippen LogP contribution in [0.25, 0.3) is 32.7 Å². The summed E-state index contributed by atoms with van der Waals surface area (Å²) < 4.78 is 0. The van der Waals surface area contributed by atoms with Crippen molar-refractivity contribution in [3.63, 3.8) is 0 Å². The van der Waals surface area contributed by atoms with E-state index in [9.17, 15) is 25.3 Å². The highest BCUT2D eigenvalue weighted by atomic mass is 31.2. The van der Waals surface area contributed by atoms with E-state index in [0.717, 1.165) is 49.1 Å². The van der Waals surface area contributed by atoms with Gasteiger partial charge in [-0.25, -0.2) is 0 Å². The van der Waals surface area contributed by atoms with Crippen LogP contribution < -0.4 is 21.2 Å². The maximum atomic E-state index is 12.3. The fraction of sp³-hybridized carbons (Fsp3) is 0. The van der Waals surface area contributed by atoms with Crippen LogP contribution in [0.15, 0.2) is 152 Å². The van der Waals surface area contributed by atoms with Crippen LogP contribution >= 0.6 is 7.26 Å². The molecule has 0 atom stereocenters. The van der Waals surface area contributed by atoms with Gasteiger partial charge in [-0.2, -0.15) is 0 Å². The lowest BCUT2D eigenvalue weighted by atomic mass is 9.93. The molecule has 0 radical (unpaired) electrons. The standard InChI is InChI=1S/C38H25N2O5P/c41-35-21-19-26-11-7-9-17-33(26)37(35)38-34-18-10-8-12-27(34)20-22-36(38)46(30-13-3-1-4-14-30,31-15-5-2-6-16-31)32-24-28(39(42)43)23-29(25-32)40(44)45/h1-25H/p+1. The Bertz CT molecular complexity index is 2220. The molecule has 0 saturated heterocycles. The van der Waals surface area contributed by atoms with E-state index in [1.54, 1.807) is 6.07 Å². The SMILES string of the molecule is O=[N+]([O-])c1cc([N+](=O)[O-])cc([P+](c2ccccc2)(c2ccccc2)c2ccc3ccccc3c2-c2c(O)ccc3ccccc23)c1. The van der Waals surface area contributed by atoms with Crippen molar-refractivity contribution in [3.8, 4) is 16.9 Å². The van der Waals surface area contributed by atoms with Crippen LogP contribution in [0.5, 0.6) is 5.75 Å². The molecule has 1 N–H and O–H groups in total. The summed E-state index contributed by atoms with van der Waals surface area (Å²) in [5.41, 5.74) is 0.662. The molecule has 7 aromatic carbocycles. The molecule has 0 fully saturated rings. The molecule has 46 heavy (non-hydrogen) atoms. The number of nitro benzene ring substituents is 2. The molecule has 0 saturated carbocycles. The molecule has 222 valence electrons. The van der Waals surface area contributed by atoms with Gasteiger partial charge in [0.1, 0.15) is 34.2 Å². The zero-order chi connectivity index (χ0) is 31.8. The minimum absolute atomic E-state index is 0.0838. The second-order valence-corrected chi connectivity index (χ2v) is 14.3. The first-order valence-electron chi connectivity index (χ1n) is 14.6. The van der Waals surface area contributed by atoms with Crippen LogP contribution in [0.1, 0.15) is 0 Å². The lowest BCUT2D eigenvalue weighted by Crippen LogP contribution is -2.39. The highest BCUT2D eigenvalue weighted by Crippen LogP contribution is 2.58. The van der Waals surface area contributed by atoms with E-state index in [2.05, 4.69) is 0 Å². The fourth-order valence-corrected chi connectivity index (χ4v) is 11.0. The Morgan fingerprint density at radius 1 is 0.478 bits per heavy atom. The van der Waals surface area contributed by atoms with Crippen LogP contribution in [0.3, 0.4) is 0 Å². The molecule has 7 aromatic rings. The first kappa shape index (κ1) is 28.8. The van der Waals surface area contributed by atoms with Crippen molar-refractivity contribution < 1.29 is 15.0 Å². The third-order valence-corrected chi connectivity index (χ3v) is 12.7. The van der Waals surface area contributed by atoms with E-state index in [0.29, 0.717) is 10.9 Å². The van der Waals surface area contributed by atoms with Crippen LogP contribution in [-0.2, 0) is 0 Å². The van der Waals surface area contributed by atoms with Gasteiger partial charge in [0, 0.05) is 11.1 Å². The second-order valence-electron chi connectivity index (χ2n) is 10.9. The molecule has 0 bridgehead atoms. The zero-order valence-corrected chi connectivity index (χ0v) is 25.3. The van der Waals surface area contributed by atoms with Crippen molar-refractivity contribution in [3.05, 3.63) is 172 Å². The number of phenols is 1. The molecular weight excluding hydrogens is 595 g/mol. The molecule has 0 heterocycles. The smallest absolute Gasteiger partial charge is 0.280 e. The molecule has 0 unspecified atom stereocenters. The van der Waals surface area contributed by atoms with E-state index < -0.39 is 17.1 Å². The van der Waals surface area contributed by atoms with Gasteiger partial charge in [-0.3, -0.25) is 20.2 Å². The minimum atomic E-state index is -3.16. The first-order chi connectivity index (χ1) is 22.4. The summed E-state index contributed by atoms with van der Waals surface area (Å²) >= 11 is 0. The van der Waals surface area contributed by atoms with E-state index in [-0.39, 0.29) is 17.1 Å². The molecule has 0 amide bonds. The maximum absolute atomic E-state index is 12.3. The normalized spacial score (nSPS) is 11.5. The average molecular weight is 622 g/mol. The van der Waals surface area contributed by atoms with Gasteiger partial charge in [-0.05, 0) is 57.9 Å². The number of phenolic OH excluding ortho intramolecular Hbond substituents is 1. The predicted octanol–water partition coefficient (Wildman–Crippen LogP) is 7.80. The van der Waals surface area contributed by atoms with Crippen molar-refractivity contribution in [2.24, 2.45) is 0 Å². The molecule has 0 aliphatic rings. The van der Waals surface area contributed by atoms with E-state index in [1.165, 1.54) is 12.1 Å². The summed E-state index contributed by atoms with van der Waals surface area (Å²) in [6.07, 6.45) is 0. The van der Waals surface area contributed by atoms with Gasteiger partial charge in [-0.1, -0.05) is 97.1 Å². The number of rotatable bonds is 7. The number of non-ortho nitro benzene ring substituents is 2. The van der Waals surface area contributed by atoms with Gasteiger partial charge >= 0.3 is 0 Å². The van der Waals surface area contributed by atoms with Gasteiger partial charge in [0.15, 0.2) is 0 Å². The number of nitro groups is 2. The van der Waals surface area contributed by atoms with E-state index in [1.807, 2.05) is 127 Å². The Kier molecular flexibility index (Phi) is 7.24. The van der Waals surface area contributed by atoms with Gasteiger partial charge in [0.25, 0.3) is 11.4 Å². The maximum Gasteiger partial charge on any atom is 0.280 e. The summed E-state index contributed by atoms with van der Waals surface area (Å²) in [6.45, 7) is 0. The fourth-order valence-electron chi connectivity index (χ4n) is 6.48. The third-order valence-electron chi connectivity index (χ3n) is 8.41. The molecule has 0 aliphatic heterocycles.